The summed E-state index contributed by atoms with van der Waals surface area (Å²) in [6.07, 6.45) is 0.917. The van der Waals surface area contributed by atoms with Gasteiger partial charge < -0.3 is 9.84 Å². The number of benzene rings is 3. The molecule has 0 aliphatic heterocycles. The molecule has 0 amide bonds. The fourth-order valence-corrected chi connectivity index (χ4v) is 4.93. The molecule has 0 bridgehead atoms. The van der Waals surface area contributed by atoms with Crippen LogP contribution in [0.1, 0.15) is 30.4 Å². The summed E-state index contributed by atoms with van der Waals surface area (Å²) in [6, 6.07) is 22.5. The van der Waals surface area contributed by atoms with Gasteiger partial charge in [-0.25, -0.2) is 4.98 Å². The van der Waals surface area contributed by atoms with Crippen molar-refractivity contribution in [2.45, 2.75) is 24.7 Å². The zero-order valence-corrected chi connectivity index (χ0v) is 16.9. The smallest absolute Gasteiger partial charge is 0.303 e. The Kier molecular flexibility index (Phi) is 4.66. The molecule has 0 spiro atoms. The molecule has 1 N–H and O–H groups in total. The van der Waals surface area contributed by atoms with Gasteiger partial charge in [-0.2, -0.15) is 0 Å². The second-order valence-corrected chi connectivity index (χ2v) is 8.02. The monoisotopic (exact) mass is 411 g/mol. The van der Waals surface area contributed by atoms with E-state index in [1.54, 1.807) is 0 Å². The summed E-state index contributed by atoms with van der Waals surface area (Å²) in [4.78, 5) is 27.4. The molecule has 1 aliphatic carbocycles. The second-order valence-electron chi connectivity index (χ2n) is 8.02. The standard InChI is InChI=1S/C26H21NO4/c28-16-31-12-11-26(10-9-24(29)30)21-14-18-6-2-1-5-17(18)13-20(21)25-22(26)15-19-7-3-4-8-23(19)27-25/h1-8,13-16H,9-12H2,(H,29,30). The van der Waals surface area contributed by atoms with Crippen LogP contribution in [0.4, 0.5) is 0 Å². The Morgan fingerprint density at radius 3 is 2.35 bits per heavy atom. The van der Waals surface area contributed by atoms with Gasteiger partial charge in [-0.05, 0) is 59.0 Å². The fourth-order valence-electron chi connectivity index (χ4n) is 4.93. The number of hydrogen-bond acceptors (Lipinski definition) is 4. The molecule has 31 heavy (non-hydrogen) atoms. The van der Waals surface area contributed by atoms with Gasteiger partial charge in [-0.15, -0.1) is 0 Å². The number of fused-ring (bicyclic) bond motifs is 5. The molecule has 1 aromatic heterocycles. The first-order valence-electron chi connectivity index (χ1n) is 10.3. The van der Waals surface area contributed by atoms with E-state index >= 15 is 0 Å². The molecule has 3 aromatic carbocycles. The first kappa shape index (κ1) is 19.2. The highest BCUT2D eigenvalue weighted by atomic mass is 16.5. The number of pyridine rings is 1. The van der Waals surface area contributed by atoms with Gasteiger partial charge in [0.1, 0.15) is 0 Å². The molecule has 1 atom stereocenters. The van der Waals surface area contributed by atoms with Crippen LogP contribution in [-0.2, 0) is 19.7 Å². The SMILES string of the molecule is O=COCCC1(CCC(=O)O)c2cc3ccccc3cc2-c2nc3ccccc3cc21. The predicted octanol–water partition coefficient (Wildman–Crippen LogP) is 5.08. The van der Waals surface area contributed by atoms with Gasteiger partial charge in [0.15, 0.2) is 0 Å². The fraction of sp³-hybridized carbons (Fsp3) is 0.192. The number of aliphatic carboxylic acids is 1. The summed E-state index contributed by atoms with van der Waals surface area (Å²) >= 11 is 0. The van der Waals surface area contributed by atoms with Gasteiger partial charge in [0.2, 0.25) is 0 Å². The number of carboxylic acids is 1. The van der Waals surface area contributed by atoms with Crippen molar-refractivity contribution in [3.8, 4) is 11.3 Å². The van der Waals surface area contributed by atoms with E-state index in [0.717, 1.165) is 44.1 Å². The molecule has 5 heteroatoms. The molecule has 0 saturated carbocycles. The third-order valence-electron chi connectivity index (χ3n) is 6.38. The Balaban J connectivity index is 1.81. The van der Waals surface area contributed by atoms with Gasteiger partial charge in [-0.3, -0.25) is 9.59 Å². The molecule has 5 rings (SSSR count). The maximum atomic E-state index is 11.6. The highest BCUT2D eigenvalue weighted by Gasteiger charge is 2.44. The number of aromatic nitrogens is 1. The summed E-state index contributed by atoms with van der Waals surface area (Å²) in [6.45, 7) is 0.655. The van der Waals surface area contributed by atoms with E-state index in [-0.39, 0.29) is 13.0 Å². The quantitative estimate of drug-likeness (QED) is 0.339. The summed E-state index contributed by atoms with van der Waals surface area (Å²) in [5.41, 5.74) is 4.28. The molecule has 0 fully saturated rings. The summed E-state index contributed by atoms with van der Waals surface area (Å²) in [5, 5.41) is 12.7. The van der Waals surface area contributed by atoms with Crippen LogP contribution in [0.15, 0.2) is 66.7 Å². The highest BCUT2D eigenvalue weighted by molar-refractivity contribution is 5.95. The van der Waals surface area contributed by atoms with Crippen LogP contribution in [0, 0.1) is 0 Å². The third-order valence-corrected chi connectivity index (χ3v) is 6.38. The Morgan fingerprint density at radius 2 is 1.61 bits per heavy atom. The van der Waals surface area contributed by atoms with Crippen LogP contribution in [0.25, 0.3) is 32.9 Å². The van der Waals surface area contributed by atoms with E-state index in [2.05, 4.69) is 30.3 Å². The Hall–Kier alpha value is -3.73. The van der Waals surface area contributed by atoms with Crippen molar-refractivity contribution < 1.29 is 19.4 Å². The number of para-hydroxylation sites is 1. The van der Waals surface area contributed by atoms with Crippen molar-refractivity contribution >= 4 is 34.1 Å². The first-order chi connectivity index (χ1) is 15.1. The van der Waals surface area contributed by atoms with E-state index in [0.29, 0.717) is 19.3 Å². The molecule has 1 unspecified atom stereocenters. The van der Waals surface area contributed by atoms with Crippen LogP contribution in [0.5, 0.6) is 0 Å². The van der Waals surface area contributed by atoms with E-state index in [1.165, 1.54) is 0 Å². The van der Waals surface area contributed by atoms with Crippen molar-refractivity contribution in [1.82, 2.24) is 4.98 Å². The molecule has 5 nitrogen and oxygen atoms in total. The number of carbonyl (C=O) groups is 2. The Labute approximate surface area is 179 Å². The second kappa shape index (κ2) is 7.51. The maximum Gasteiger partial charge on any atom is 0.303 e. The minimum absolute atomic E-state index is 0.0135. The largest absolute Gasteiger partial charge is 0.481 e. The molecule has 1 heterocycles. The topological polar surface area (TPSA) is 76.5 Å². The number of rotatable bonds is 7. The van der Waals surface area contributed by atoms with Crippen molar-refractivity contribution in [2.24, 2.45) is 0 Å². The summed E-state index contributed by atoms with van der Waals surface area (Å²) < 4.78 is 5.08. The lowest BCUT2D eigenvalue weighted by atomic mass is 9.72. The van der Waals surface area contributed by atoms with Crippen molar-refractivity contribution in [1.29, 1.82) is 0 Å². The van der Waals surface area contributed by atoms with E-state index in [4.69, 9.17) is 9.72 Å². The van der Waals surface area contributed by atoms with Gasteiger partial charge in [0, 0.05) is 22.8 Å². The lowest BCUT2D eigenvalue weighted by Crippen LogP contribution is -2.28. The zero-order valence-electron chi connectivity index (χ0n) is 16.9. The minimum Gasteiger partial charge on any atom is -0.481 e. The number of nitrogens with zero attached hydrogens (tertiary/aromatic N) is 1. The van der Waals surface area contributed by atoms with Gasteiger partial charge in [0.05, 0.1) is 17.8 Å². The first-order valence-corrected chi connectivity index (χ1v) is 10.3. The molecule has 0 saturated heterocycles. The molecule has 154 valence electrons. The van der Waals surface area contributed by atoms with E-state index in [1.807, 2.05) is 36.4 Å². The molecule has 4 aromatic rings. The van der Waals surface area contributed by atoms with Crippen LogP contribution >= 0.6 is 0 Å². The highest BCUT2D eigenvalue weighted by Crippen LogP contribution is 2.54. The normalized spacial score (nSPS) is 16.8. The predicted molar refractivity (Wildman–Crippen MR) is 119 cm³/mol. The Bertz CT molecular complexity index is 1240. The van der Waals surface area contributed by atoms with Crippen molar-refractivity contribution in [3.05, 3.63) is 77.9 Å². The number of hydrogen-bond donors (Lipinski definition) is 1. The average molecular weight is 411 g/mol. The average Bonchev–Trinajstić information content (AvgIpc) is 3.03. The lowest BCUT2D eigenvalue weighted by molar-refractivity contribution is -0.137. The van der Waals surface area contributed by atoms with Gasteiger partial charge in [0.25, 0.3) is 6.47 Å². The number of carboxylic acid groups (broad SMARTS) is 1. The molecular formula is C26H21NO4. The maximum absolute atomic E-state index is 11.6. The number of ether oxygens (including phenoxy) is 1. The summed E-state index contributed by atoms with van der Waals surface area (Å²) in [5.74, 6) is -0.847. The van der Waals surface area contributed by atoms with Crippen LogP contribution < -0.4 is 0 Å². The molecule has 0 radical (unpaired) electrons. The van der Waals surface area contributed by atoms with Crippen LogP contribution in [-0.4, -0.2) is 29.1 Å². The Morgan fingerprint density at radius 1 is 0.935 bits per heavy atom. The molecular weight excluding hydrogens is 390 g/mol. The van der Waals surface area contributed by atoms with Crippen LogP contribution in [0.3, 0.4) is 0 Å². The van der Waals surface area contributed by atoms with E-state index in [9.17, 15) is 14.7 Å². The van der Waals surface area contributed by atoms with Gasteiger partial charge >= 0.3 is 5.97 Å². The number of carbonyl (C=O) groups excluding carboxylic acids is 1. The third kappa shape index (κ3) is 3.13. The zero-order chi connectivity index (χ0) is 21.4. The summed E-state index contributed by atoms with van der Waals surface area (Å²) in [7, 11) is 0. The van der Waals surface area contributed by atoms with Crippen LogP contribution in [0.2, 0.25) is 0 Å². The van der Waals surface area contributed by atoms with E-state index < -0.39 is 11.4 Å². The molecule has 1 aliphatic rings. The minimum atomic E-state index is -0.847. The van der Waals surface area contributed by atoms with Crippen molar-refractivity contribution in [3.63, 3.8) is 0 Å². The lowest BCUT2D eigenvalue weighted by Gasteiger charge is -2.31. The van der Waals surface area contributed by atoms with Gasteiger partial charge in [-0.1, -0.05) is 42.5 Å². The van der Waals surface area contributed by atoms with Crippen molar-refractivity contribution in [2.75, 3.05) is 6.61 Å².